The first-order chi connectivity index (χ1) is 9.11. The van der Waals surface area contributed by atoms with Crippen molar-refractivity contribution in [3.8, 4) is 6.07 Å². The summed E-state index contributed by atoms with van der Waals surface area (Å²) in [7, 11) is 0. The van der Waals surface area contributed by atoms with Gasteiger partial charge in [0.25, 0.3) is 0 Å². The lowest BCUT2D eigenvalue weighted by atomic mass is 10.1. The number of rotatable bonds is 3. The average Bonchev–Trinajstić information content (AvgIpc) is 2.39. The van der Waals surface area contributed by atoms with E-state index in [-0.39, 0.29) is 6.04 Å². The molecule has 0 aromatic heterocycles. The molecule has 0 aliphatic heterocycles. The van der Waals surface area contributed by atoms with E-state index in [1.54, 1.807) is 18.2 Å². The SMILES string of the molecule is CC(Nc1cc(Cl)ccc1C#N)c1ccccc1Cl. The highest BCUT2D eigenvalue weighted by atomic mass is 35.5. The molecule has 0 aliphatic rings. The van der Waals surface area contributed by atoms with E-state index in [1.807, 2.05) is 31.2 Å². The van der Waals surface area contributed by atoms with Crippen LogP contribution in [-0.4, -0.2) is 0 Å². The van der Waals surface area contributed by atoms with Crippen molar-refractivity contribution in [2.24, 2.45) is 0 Å². The van der Waals surface area contributed by atoms with E-state index in [2.05, 4.69) is 11.4 Å². The van der Waals surface area contributed by atoms with Gasteiger partial charge in [0.05, 0.1) is 17.3 Å². The molecule has 0 fully saturated rings. The van der Waals surface area contributed by atoms with Gasteiger partial charge in [-0.2, -0.15) is 5.26 Å². The van der Waals surface area contributed by atoms with Gasteiger partial charge in [-0.1, -0.05) is 41.4 Å². The van der Waals surface area contributed by atoms with Gasteiger partial charge in [-0.05, 0) is 36.8 Å². The summed E-state index contributed by atoms with van der Waals surface area (Å²) >= 11 is 12.1. The number of nitriles is 1. The Kier molecular flexibility index (Phi) is 4.31. The molecule has 0 bridgehead atoms. The van der Waals surface area contributed by atoms with E-state index in [9.17, 15) is 0 Å². The quantitative estimate of drug-likeness (QED) is 0.860. The monoisotopic (exact) mass is 290 g/mol. The minimum absolute atomic E-state index is 0.0146. The predicted molar refractivity (Wildman–Crippen MR) is 79.7 cm³/mol. The third-order valence-corrected chi connectivity index (χ3v) is 3.43. The third kappa shape index (κ3) is 3.20. The van der Waals surface area contributed by atoms with Crippen LogP contribution < -0.4 is 5.32 Å². The molecule has 1 unspecified atom stereocenters. The van der Waals surface area contributed by atoms with Crippen LogP contribution in [0.3, 0.4) is 0 Å². The summed E-state index contributed by atoms with van der Waals surface area (Å²) in [6.07, 6.45) is 0. The Morgan fingerprint density at radius 3 is 2.58 bits per heavy atom. The van der Waals surface area contributed by atoms with Crippen LogP contribution in [0.1, 0.15) is 24.1 Å². The minimum atomic E-state index is -0.0146. The largest absolute Gasteiger partial charge is 0.377 e. The Bertz CT molecular complexity index is 632. The summed E-state index contributed by atoms with van der Waals surface area (Å²) in [5, 5.41) is 13.6. The summed E-state index contributed by atoms with van der Waals surface area (Å²) in [4.78, 5) is 0. The molecule has 0 spiro atoms. The molecule has 2 nitrogen and oxygen atoms in total. The fraction of sp³-hybridized carbons (Fsp3) is 0.133. The van der Waals surface area contributed by atoms with Gasteiger partial charge in [0, 0.05) is 10.0 Å². The fourth-order valence-electron chi connectivity index (χ4n) is 1.87. The highest BCUT2D eigenvalue weighted by molar-refractivity contribution is 6.31. The predicted octanol–water partition coefficient (Wildman–Crippen LogP) is 5.04. The third-order valence-electron chi connectivity index (χ3n) is 2.85. The normalized spacial score (nSPS) is 11.7. The molecule has 0 aliphatic carbocycles. The molecule has 96 valence electrons. The van der Waals surface area contributed by atoms with Gasteiger partial charge in [0.1, 0.15) is 6.07 Å². The minimum Gasteiger partial charge on any atom is -0.377 e. The zero-order valence-electron chi connectivity index (χ0n) is 10.3. The summed E-state index contributed by atoms with van der Waals surface area (Å²) in [6, 6.07) is 14.9. The average molecular weight is 291 g/mol. The van der Waals surface area contributed by atoms with E-state index in [4.69, 9.17) is 28.5 Å². The lowest BCUT2D eigenvalue weighted by Crippen LogP contribution is -2.08. The zero-order valence-corrected chi connectivity index (χ0v) is 11.8. The maximum atomic E-state index is 9.09. The van der Waals surface area contributed by atoms with E-state index in [0.717, 1.165) is 5.56 Å². The molecule has 2 aromatic carbocycles. The molecule has 0 heterocycles. The standard InChI is InChI=1S/C15H12Cl2N2/c1-10(13-4-2-3-5-14(13)17)19-15-8-12(16)7-6-11(15)9-18/h2-8,10,19H,1H3. The van der Waals surface area contributed by atoms with Crippen molar-refractivity contribution in [2.75, 3.05) is 5.32 Å². The summed E-state index contributed by atoms with van der Waals surface area (Å²) in [5.41, 5.74) is 2.25. The van der Waals surface area contributed by atoms with Gasteiger partial charge >= 0.3 is 0 Å². The molecule has 2 rings (SSSR count). The Morgan fingerprint density at radius 1 is 1.16 bits per heavy atom. The number of nitrogens with zero attached hydrogens (tertiary/aromatic N) is 1. The van der Waals surface area contributed by atoms with Gasteiger partial charge in [0.2, 0.25) is 0 Å². The van der Waals surface area contributed by atoms with Crippen LogP contribution in [0, 0.1) is 11.3 Å². The van der Waals surface area contributed by atoms with Crippen LogP contribution in [-0.2, 0) is 0 Å². The van der Waals surface area contributed by atoms with Gasteiger partial charge in [-0.15, -0.1) is 0 Å². The number of anilines is 1. The molecule has 0 saturated heterocycles. The van der Waals surface area contributed by atoms with Crippen molar-refractivity contribution < 1.29 is 0 Å². The second-order valence-corrected chi connectivity index (χ2v) is 5.03. The lowest BCUT2D eigenvalue weighted by Gasteiger charge is -2.18. The smallest absolute Gasteiger partial charge is 0.101 e. The lowest BCUT2D eigenvalue weighted by molar-refractivity contribution is 0.884. The maximum absolute atomic E-state index is 9.09. The Labute approximate surface area is 122 Å². The summed E-state index contributed by atoms with van der Waals surface area (Å²) in [5.74, 6) is 0. The van der Waals surface area contributed by atoms with E-state index in [0.29, 0.717) is 21.3 Å². The molecule has 19 heavy (non-hydrogen) atoms. The second-order valence-electron chi connectivity index (χ2n) is 4.19. The van der Waals surface area contributed by atoms with E-state index in [1.165, 1.54) is 0 Å². The molecule has 0 amide bonds. The zero-order chi connectivity index (χ0) is 13.8. The molecule has 1 atom stereocenters. The van der Waals surface area contributed by atoms with Gasteiger partial charge in [0.15, 0.2) is 0 Å². The Hall–Kier alpha value is -1.69. The van der Waals surface area contributed by atoms with Crippen molar-refractivity contribution >= 4 is 28.9 Å². The molecular weight excluding hydrogens is 279 g/mol. The van der Waals surface area contributed by atoms with Crippen molar-refractivity contribution in [1.82, 2.24) is 0 Å². The number of hydrogen-bond acceptors (Lipinski definition) is 2. The van der Waals surface area contributed by atoms with Crippen molar-refractivity contribution in [2.45, 2.75) is 13.0 Å². The highest BCUT2D eigenvalue weighted by Gasteiger charge is 2.11. The van der Waals surface area contributed by atoms with Crippen LogP contribution in [0.5, 0.6) is 0 Å². The van der Waals surface area contributed by atoms with Crippen molar-refractivity contribution in [3.63, 3.8) is 0 Å². The first-order valence-corrected chi connectivity index (χ1v) is 6.58. The first-order valence-electron chi connectivity index (χ1n) is 5.82. The van der Waals surface area contributed by atoms with Crippen LogP contribution >= 0.6 is 23.2 Å². The number of hydrogen-bond donors (Lipinski definition) is 1. The van der Waals surface area contributed by atoms with Crippen LogP contribution in [0.2, 0.25) is 10.0 Å². The van der Waals surface area contributed by atoms with Gasteiger partial charge in [-0.3, -0.25) is 0 Å². The molecule has 1 N–H and O–H groups in total. The molecule has 0 saturated carbocycles. The molecular formula is C15H12Cl2N2. The highest BCUT2D eigenvalue weighted by Crippen LogP contribution is 2.28. The Balaban J connectivity index is 2.29. The van der Waals surface area contributed by atoms with Gasteiger partial charge in [-0.25, -0.2) is 0 Å². The summed E-state index contributed by atoms with van der Waals surface area (Å²) in [6.45, 7) is 1.99. The van der Waals surface area contributed by atoms with Gasteiger partial charge < -0.3 is 5.32 Å². The second kappa shape index (κ2) is 5.97. The first kappa shape index (κ1) is 13.7. The molecule has 2 aromatic rings. The number of nitrogens with one attached hydrogen (secondary N) is 1. The molecule has 0 radical (unpaired) electrons. The Morgan fingerprint density at radius 2 is 1.89 bits per heavy atom. The number of halogens is 2. The maximum Gasteiger partial charge on any atom is 0.101 e. The summed E-state index contributed by atoms with van der Waals surface area (Å²) < 4.78 is 0. The van der Waals surface area contributed by atoms with Crippen LogP contribution in [0.25, 0.3) is 0 Å². The van der Waals surface area contributed by atoms with Crippen molar-refractivity contribution in [3.05, 3.63) is 63.6 Å². The fourth-order valence-corrected chi connectivity index (χ4v) is 2.34. The van der Waals surface area contributed by atoms with Crippen LogP contribution in [0.4, 0.5) is 5.69 Å². The molecule has 4 heteroatoms. The topological polar surface area (TPSA) is 35.8 Å². The van der Waals surface area contributed by atoms with Crippen LogP contribution in [0.15, 0.2) is 42.5 Å². The van der Waals surface area contributed by atoms with Crippen molar-refractivity contribution in [1.29, 1.82) is 5.26 Å². The van der Waals surface area contributed by atoms with E-state index < -0.39 is 0 Å². The number of benzene rings is 2. The van der Waals surface area contributed by atoms with E-state index >= 15 is 0 Å².